The maximum Gasteiger partial charge on any atom is 0.254 e. The molecule has 1 N–H and O–H groups in total. The van der Waals surface area contributed by atoms with Crippen molar-refractivity contribution in [2.45, 2.75) is 13.3 Å². The van der Waals surface area contributed by atoms with E-state index in [1.165, 1.54) is 12.3 Å². The van der Waals surface area contributed by atoms with Gasteiger partial charge in [-0.2, -0.15) is 5.10 Å². The van der Waals surface area contributed by atoms with Gasteiger partial charge in [0.1, 0.15) is 5.82 Å². The first-order chi connectivity index (χ1) is 10.6. The van der Waals surface area contributed by atoms with Crippen LogP contribution >= 0.6 is 0 Å². The van der Waals surface area contributed by atoms with E-state index in [1.54, 1.807) is 28.9 Å². The molecule has 3 rings (SSSR count). The van der Waals surface area contributed by atoms with E-state index in [-0.39, 0.29) is 11.7 Å². The Hall–Kier alpha value is -2.76. The predicted molar refractivity (Wildman–Crippen MR) is 80.2 cm³/mol. The maximum atomic E-state index is 13.5. The molecule has 0 saturated carbocycles. The highest BCUT2D eigenvalue weighted by atomic mass is 19.1. The molecule has 112 valence electrons. The Morgan fingerprint density at radius 2 is 2.18 bits per heavy atom. The van der Waals surface area contributed by atoms with Gasteiger partial charge in [-0.1, -0.05) is 18.2 Å². The number of nitrogens with one attached hydrogen (secondary N) is 1. The molecule has 0 bridgehead atoms. The van der Waals surface area contributed by atoms with E-state index in [0.29, 0.717) is 29.7 Å². The number of amides is 1. The summed E-state index contributed by atoms with van der Waals surface area (Å²) in [6.07, 6.45) is 3.58. The number of fused-ring (bicyclic) bond motifs is 1. The highest BCUT2D eigenvalue weighted by molar-refractivity contribution is 5.93. The lowest BCUT2D eigenvalue weighted by molar-refractivity contribution is 0.0953. The first-order valence-corrected chi connectivity index (χ1v) is 6.97. The van der Waals surface area contributed by atoms with Crippen LogP contribution in [0, 0.1) is 12.7 Å². The van der Waals surface area contributed by atoms with E-state index < -0.39 is 0 Å². The van der Waals surface area contributed by atoms with E-state index in [1.807, 2.05) is 13.0 Å². The molecule has 1 amide bonds. The van der Waals surface area contributed by atoms with Crippen LogP contribution in [0.3, 0.4) is 0 Å². The first-order valence-electron chi connectivity index (χ1n) is 6.97. The summed E-state index contributed by atoms with van der Waals surface area (Å²) in [7, 11) is 0. The fourth-order valence-corrected chi connectivity index (χ4v) is 2.23. The van der Waals surface area contributed by atoms with Crippen LogP contribution in [0.5, 0.6) is 0 Å². The molecule has 1 aromatic carbocycles. The number of carbonyl (C=O) groups is 1. The number of aromatic nitrogens is 3. The third-order valence-electron chi connectivity index (χ3n) is 3.34. The zero-order valence-electron chi connectivity index (χ0n) is 12.1. The zero-order chi connectivity index (χ0) is 15.5. The van der Waals surface area contributed by atoms with Gasteiger partial charge in [0.15, 0.2) is 5.65 Å². The number of hydrogen-bond donors (Lipinski definition) is 1. The van der Waals surface area contributed by atoms with Gasteiger partial charge in [-0.25, -0.2) is 13.9 Å². The summed E-state index contributed by atoms with van der Waals surface area (Å²) in [6, 6.07) is 8.37. The number of carbonyl (C=O) groups excluding carboxylic acids is 1. The van der Waals surface area contributed by atoms with Gasteiger partial charge in [-0.3, -0.25) is 4.79 Å². The third-order valence-corrected chi connectivity index (χ3v) is 3.34. The summed E-state index contributed by atoms with van der Waals surface area (Å²) in [5, 5.41) is 6.98. The number of nitrogens with zero attached hydrogens (tertiary/aromatic N) is 3. The Labute approximate surface area is 126 Å². The molecule has 2 heterocycles. The van der Waals surface area contributed by atoms with Gasteiger partial charge in [-0.05, 0) is 25.0 Å². The molecule has 0 aliphatic heterocycles. The van der Waals surface area contributed by atoms with Crippen LogP contribution in [-0.2, 0) is 6.42 Å². The lowest BCUT2D eigenvalue weighted by atomic mass is 10.1. The van der Waals surface area contributed by atoms with Gasteiger partial charge in [-0.15, -0.1) is 0 Å². The lowest BCUT2D eigenvalue weighted by Gasteiger charge is -2.06. The molecule has 0 radical (unpaired) electrons. The fraction of sp³-hybridized carbons (Fsp3) is 0.188. The van der Waals surface area contributed by atoms with Gasteiger partial charge in [0.2, 0.25) is 0 Å². The summed E-state index contributed by atoms with van der Waals surface area (Å²) in [5.41, 5.74) is 2.54. The second-order valence-corrected chi connectivity index (χ2v) is 5.03. The Kier molecular flexibility index (Phi) is 3.82. The van der Waals surface area contributed by atoms with Crippen molar-refractivity contribution in [1.82, 2.24) is 19.9 Å². The lowest BCUT2D eigenvalue weighted by Crippen LogP contribution is -2.26. The van der Waals surface area contributed by atoms with Crippen molar-refractivity contribution in [1.29, 1.82) is 0 Å². The number of benzene rings is 1. The SMILES string of the molecule is Cc1cc2ncc(C(=O)NCCc3ccccc3F)cn2n1. The molecular weight excluding hydrogens is 283 g/mol. The van der Waals surface area contributed by atoms with Gasteiger partial charge in [0, 0.05) is 25.0 Å². The van der Waals surface area contributed by atoms with E-state index in [0.717, 1.165) is 5.69 Å². The van der Waals surface area contributed by atoms with Crippen molar-refractivity contribution in [2.75, 3.05) is 6.54 Å². The smallest absolute Gasteiger partial charge is 0.254 e. The van der Waals surface area contributed by atoms with Crippen molar-refractivity contribution in [3.05, 3.63) is 65.4 Å². The normalized spacial score (nSPS) is 10.8. The minimum absolute atomic E-state index is 0.251. The predicted octanol–water partition coefficient (Wildman–Crippen LogP) is 2.15. The molecule has 0 saturated heterocycles. The number of aryl methyl sites for hydroxylation is 1. The largest absolute Gasteiger partial charge is 0.352 e. The third kappa shape index (κ3) is 2.95. The van der Waals surface area contributed by atoms with E-state index in [9.17, 15) is 9.18 Å². The second-order valence-electron chi connectivity index (χ2n) is 5.03. The molecule has 0 unspecified atom stereocenters. The minimum atomic E-state index is -0.258. The molecule has 0 spiro atoms. The molecule has 5 nitrogen and oxygen atoms in total. The van der Waals surface area contributed by atoms with Crippen LogP contribution in [-0.4, -0.2) is 27.0 Å². The number of hydrogen-bond acceptors (Lipinski definition) is 3. The van der Waals surface area contributed by atoms with E-state index >= 15 is 0 Å². The highest BCUT2D eigenvalue weighted by Crippen LogP contribution is 2.07. The fourth-order valence-electron chi connectivity index (χ4n) is 2.23. The molecule has 0 aliphatic rings. The van der Waals surface area contributed by atoms with Crippen LogP contribution in [0.25, 0.3) is 5.65 Å². The summed E-state index contributed by atoms with van der Waals surface area (Å²) in [4.78, 5) is 16.3. The van der Waals surface area contributed by atoms with Crippen molar-refractivity contribution < 1.29 is 9.18 Å². The quantitative estimate of drug-likeness (QED) is 0.803. The average Bonchev–Trinajstić information content (AvgIpc) is 2.88. The average molecular weight is 298 g/mol. The van der Waals surface area contributed by atoms with Crippen molar-refractivity contribution in [2.24, 2.45) is 0 Å². The van der Waals surface area contributed by atoms with Crippen LogP contribution in [0.1, 0.15) is 21.6 Å². The Balaban J connectivity index is 1.64. The summed E-state index contributed by atoms with van der Waals surface area (Å²) in [6.45, 7) is 2.22. The summed E-state index contributed by atoms with van der Waals surface area (Å²) < 4.78 is 15.1. The first kappa shape index (κ1) is 14.2. The van der Waals surface area contributed by atoms with E-state index in [4.69, 9.17) is 0 Å². The number of rotatable bonds is 4. The maximum absolute atomic E-state index is 13.5. The second kappa shape index (κ2) is 5.93. The van der Waals surface area contributed by atoms with E-state index in [2.05, 4.69) is 15.4 Å². The standard InChI is InChI=1S/C16H15FN4O/c1-11-8-15-19-9-13(10-21(15)20-11)16(22)18-7-6-12-4-2-3-5-14(12)17/h2-5,8-10H,6-7H2,1H3,(H,18,22). The molecule has 0 aliphatic carbocycles. The molecule has 22 heavy (non-hydrogen) atoms. The molecule has 0 atom stereocenters. The zero-order valence-corrected chi connectivity index (χ0v) is 12.1. The molecular formula is C16H15FN4O. The van der Waals surface area contributed by atoms with Crippen LogP contribution in [0.4, 0.5) is 4.39 Å². The monoisotopic (exact) mass is 298 g/mol. The van der Waals surface area contributed by atoms with Crippen LogP contribution in [0.15, 0.2) is 42.7 Å². The van der Waals surface area contributed by atoms with Gasteiger partial charge >= 0.3 is 0 Å². The summed E-state index contributed by atoms with van der Waals surface area (Å²) in [5.74, 6) is -0.509. The molecule has 0 fully saturated rings. The Morgan fingerprint density at radius 1 is 1.36 bits per heavy atom. The topological polar surface area (TPSA) is 59.3 Å². The van der Waals surface area contributed by atoms with Crippen LogP contribution < -0.4 is 5.32 Å². The molecule has 2 aromatic heterocycles. The molecule has 3 aromatic rings. The Morgan fingerprint density at radius 3 is 3.00 bits per heavy atom. The van der Waals surface area contributed by atoms with Crippen molar-refractivity contribution in [3.63, 3.8) is 0 Å². The van der Waals surface area contributed by atoms with Crippen LogP contribution in [0.2, 0.25) is 0 Å². The van der Waals surface area contributed by atoms with Crippen molar-refractivity contribution >= 4 is 11.6 Å². The highest BCUT2D eigenvalue weighted by Gasteiger charge is 2.09. The van der Waals surface area contributed by atoms with Gasteiger partial charge in [0.25, 0.3) is 5.91 Å². The molecule has 6 heteroatoms. The summed E-state index contributed by atoms with van der Waals surface area (Å²) >= 11 is 0. The number of halogens is 1. The van der Waals surface area contributed by atoms with Gasteiger partial charge < -0.3 is 5.32 Å². The minimum Gasteiger partial charge on any atom is -0.352 e. The Bertz CT molecular complexity index is 828. The van der Waals surface area contributed by atoms with Crippen molar-refractivity contribution in [3.8, 4) is 0 Å². The van der Waals surface area contributed by atoms with Gasteiger partial charge in [0.05, 0.1) is 11.3 Å².